The van der Waals surface area contributed by atoms with E-state index in [4.69, 9.17) is 14.0 Å². The monoisotopic (exact) mass is 373 g/mol. The molecule has 0 atom stereocenters. The molecule has 28 heavy (non-hydrogen) atoms. The Hall–Kier alpha value is -4.00. The molecule has 0 N–H and O–H groups in total. The molecule has 0 saturated carbocycles. The zero-order valence-corrected chi connectivity index (χ0v) is 14.7. The molecule has 0 amide bonds. The average molecular weight is 373 g/mol. The first-order valence-electron chi connectivity index (χ1n) is 8.51. The van der Waals surface area contributed by atoms with Crippen LogP contribution >= 0.6 is 0 Å². The van der Waals surface area contributed by atoms with Gasteiger partial charge in [0.2, 0.25) is 5.82 Å². The molecule has 0 saturated heterocycles. The predicted molar refractivity (Wildman–Crippen MR) is 99.6 cm³/mol. The number of pyridine rings is 1. The number of hydrogen-bond acceptors (Lipinski definition) is 7. The van der Waals surface area contributed by atoms with E-state index >= 15 is 0 Å². The summed E-state index contributed by atoms with van der Waals surface area (Å²) in [5.41, 5.74) is 1.22. The van der Waals surface area contributed by atoms with Gasteiger partial charge in [0, 0.05) is 11.8 Å². The number of carbonyl (C=O) groups is 1. The number of aromatic nitrogens is 3. The molecule has 138 valence electrons. The molecule has 7 heteroatoms. The Kier molecular flexibility index (Phi) is 5.06. The highest BCUT2D eigenvalue weighted by atomic mass is 16.6. The van der Waals surface area contributed by atoms with Gasteiger partial charge in [0.15, 0.2) is 6.61 Å². The minimum atomic E-state index is -0.493. The molecule has 0 fully saturated rings. The largest absolute Gasteiger partial charge is 0.456 e. The van der Waals surface area contributed by atoms with Crippen molar-refractivity contribution in [2.75, 3.05) is 0 Å². The fourth-order valence-corrected chi connectivity index (χ4v) is 2.43. The summed E-state index contributed by atoms with van der Waals surface area (Å²) in [5.74, 6) is 1.39. The second-order valence-corrected chi connectivity index (χ2v) is 5.77. The van der Waals surface area contributed by atoms with Gasteiger partial charge in [-0.15, -0.1) is 0 Å². The van der Waals surface area contributed by atoms with E-state index in [1.165, 1.54) is 0 Å². The number of carbonyl (C=O) groups excluding carboxylic acids is 1. The first kappa shape index (κ1) is 17.4. The third-order valence-corrected chi connectivity index (χ3v) is 3.79. The van der Waals surface area contributed by atoms with Gasteiger partial charge in [-0.1, -0.05) is 35.5 Å². The fourth-order valence-electron chi connectivity index (χ4n) is 2.43. The molecule has 0 aliphatic rings. The summed E-state index contributed by atoms with van der Waals surface area (Å²) in [4.78, 5) is 20.4. The Morgan fingerprint density at radius 3 is 2.50 bits per heavy atom. The average Bonchev–Trinajstić information content (AvgIpc) is 3.23. The van der Waals surface area contributed by atoms with Crippen LogP contribution in [0.15, 0.2) is 83.6 Å². The number of rotatable bonds is 6. The van der Waals surface area contributed by atoms with Crippen LogP contribution in [0, 0.1) is 0 Å². The highest BCUT2D eigenvalue weighted by Crippen LogP contribution is 2.21. The van der Waals surface area contributed by atoms with E-state index in [0.717, 1.165) is 5.56 Å². The van der Waals surface area contributed by atoms with Crippen LogP contribution < -0.4 is 4.74 Å². The quantitative estimate of drug-likeness (QED) is 0.466. The lowest BCUT2D eigenvalue weighted by atomic mass is 10.2. The molecule has 2 heterocycles. The molecule has 2 aromatic heterocycles. The maximum absolute atomic E-state index is 12.2. The Labute approximate surface area is 160 Å². The summed E-state index contributed by atoms with van der Waals surface area (Å²) in [5, 5.41) is 3.89. The molecular formula is C21H15N3O4. The summed E-state index contributed by atoms with van der Waals surface area (Å²) < 4.78 is 16.0. The SMILES string of the molecule is O=C(OCc1nc(-c2ccccc2)no1)c1ccc(Oc2cccnc2)cc1. The molecule has 0 radical (unpaired) electrons. The van der Waals surface area contributed by atoms with Crippen molar-refractivity contribution in [1.82, 2.24) is 15.1 Å². The molecule has 0 unspecified atom stereocenters. The van der Waals surface area contributed by atoms with Gasteiger partial charge in [-0.05, 0) is 36.4 Å². The molecule has 4 rings (SSSR count). The van der Waals surface area contributed by atoms with Gasteiger partial charge in [-0.2, -0.15) is 4.98 Å². The van der Waals surface area contributed by atoms with Crippen LogP contribution in [-0.4, -0.2) is 21.1 Å². The Balaban J connectivity index is 1.34. The second-order valence-electron chi connectivity index (χ2n) is 5.77. The number of hydrogen-bond donors (Lipinski definition) is 0. The van der Waals surface area contributed by atoms with E-state index < -0.39 is 5.97 Å². The normalized spacial score (nSPS) is 10.4. The van der Waals surface area contributed by atoms with Crippen molar-refractivity contribution in [3.05, 3.63) is 90.6 Å². The molecule has 0 aliphatic carbocycles. The minimum Gasteiger partial charge on any atom is -0.456 e. The van der Waals surface area contributed by atoms with Crippen LogP contribution in [0.25, 0.3) is 11.4 Å². The fraction of sp³-hybridized carbons (Fsp3) is 0.0476. The summed E-state index contributed by atoms with van der Waals surface area (Å²) in [6.07, 6.45) is 3.27. The molecule has 2 aromatic carbocycles. The minimum absolute atomic E-state index is 0.105. The summed E-state index contributed by atoms with van der Waals surface area (Å²) >= 11 is 0. The van der Waals surface area contributed by atoms with Gasteiger partial charge in [0.05, 0.1) is 11.8 Å². The lowest BCUT2D eigenvalue weighted by molar-refractivity contribution is 0.0430. The van der Waals surface area contributed by atoms with Gasteiger partial charge >= 0.3 is 5.97 Å². The predicted octanol–water partition coefficient (Wildman–Crippen LogP) is 4.28. The van der Waals surface area contributed by atoms with E-state index in [0.29, 0.717) is 22.9 Å². The third kappa shape index (κ3) is 4.21. The van der Waals surface area contributed by atoms with Gasteiger partial charge < -0.3 is 14.0 Å². The van der Waals surface area contributed by atoms with Crippen molar-refractivity contribution in [2.24, 2.45) is 0 Å². The van der Waals surface area contributed by atoms with Gasteiger partial charge in [0.25, 0.3) is 5.89 Å². The van der Waals surface area contributed by atoms with E-state index in [9.17, 15) is 4.79 Å². The molecular weight excluding hydrogens is 358 g/mol. The van der Waals surface area contributed by atoms with Crippen LogP contribution in [0.1, 0.15) is 16.2 Å². The Morgan fingerprint density at radius 1 is 0.929 bits per heavy atom. The molecule has 7 nitrogen and oxygen atoms in total. The summed E-state index contributed by atoms with van der Waals surface area (Å²) in [6.45, 7) is -0.105. The Bertz CT molecular complexity index is 1050. The van der Waals surface area contributed by atoms with Crippen LogP contribution in [0.4, 0.5) is 0 Å². The lowest BCUT2D eigenvalue weighted by Crippen LogP contribution is -2.05. The number of ether oxygens (including phenoxy) is 2. The smallest absolute Gasteiger partial charge is 0.338 e. The molecule has 0 spiro atoms. The second kappa shape index (κ2) is 8.13. The standard InChI is InChI=1S/C21H15N3O4/c25-21(16-8-10-17(11-9-16)27-18-7-4-12-22-13-18)26-14-19-23-20(24-28-19)15-5-2-1-3-6-15/h1-13H,14H2. The van der Waals surface area contributed by atoms with E-state index in [2.05, 4.69) is 15.1 Å². The van der Waals surface area contributed by atoms with Gasteiger partial charge in [-0.3, -0.25) is 4.98 Å². The van der Waals surface area contributed by atoms with Crippen LogP contribution in [0.5, 0.6) is 11.5 Å². The van der Waals surface area contributed by atoms with Gasteiger partial charge in [0.1, 0.15) is 11.5 Å². The maximum Gasteiger partial charge on any atom is 0.338 e. The third-order valence-electron chi connectivity index (χ3n) is 3.79. The van der Waals surface area contributed by atoms with Crippen molar-refractivity contribution < 1.29 is 18.8 Å². The number of esters is 1. The number of benzene rings is 2. The Morgan fingerprint density at radius 2 is 1.75 bits per heavy atom. The lowest BCUT2D eigenvalue weighted by Gasteiger charge is -2.06. The maximum atomic E-state index is 12.2. The summed E-state index contributed by atoms with van der Waals surface area (Å²) in [6, 6.07) is 19.6. The molecule has 0 aliphatic heterocycles. The first-order valence-corrected chi connectivity index (χ1v) is 8.51. The summed E-state index contributed by atoms with van der Waals surface area (Å²) in [7, 11) is 0. The van der Waals surface area contributed by atoms with Crippen molar-refractivity contribution in [3.8, 4) is 22.9 Å². The van der Waals surface area contributed by atoms with Crippen molar-refractivity contribution in [2.45, 2.75) is 6.61 Å². The van der Waals surface area contributed by atoms with Crippen molar-refractivity contribution in [3.63, 3.8) is 0 Å². The highest BCUT2D eigenvalue weighted by Gasteiger charge is 2.12. The van der Waals surface area contributed by atoms with Crippen molar-refractivity contribution >= 4 is 5.97 Å². The zero-order valence-electron chi connectivity index (χ0n) is 14.7. The topological polar surface area (TPSA) is 87.3 Å². The molecule has 0 bridgehead atoms. The van der Waals surface area contributed by atoms with Crippen LogP contribution in [-0.2, 0) is 11.3 Å². The molecule has 4 aromatic rings. The highest BCUT2D eigenvalue weighted by molar-refractivity contribution is 5.89. The van der Waals surface area contributed by atoms with E-state index in [1.54, 1.807) is 48.8 Å². The van der Waals surface area contributed by atoms with Gasteiger partial charge in [-0.25, -0.2) is 4.79 Å². The number of nitrogens with zero attached hydrogens (tertiary/aromatic N) is 3. The van der Waals surface area contributed by atoms with E-state index in [1.807, 2.05) is 30.3 Å². The van der Waals surface area contributed by atoms with Crippen molar-refractivity contribution in [1.29, 1.82) is 0 Å². The zero-order chi connectivity index (χ0) is 19.2. The van der Waals surface area contributed by atoms with E-state index in [-0.39, 0.29) is 12.5 Å². The first-order chi connectivity index (χ1) is 13.8. The van der Waals surface area contributed by atoms with Crippen LogP contribution in [0.3, 0.4) is 0 Å². The van der Waals surface area contributed by atoms with Crippen LogP contribution in [0.2, 0.25) is 0 Å².